The summed E-state index contributed by atoms with van der Waals surface area (Å²) in [6, 6.07) is 5.41. The number of fused-ring (bicyclic) bond motifs is 1. The second kappa shape index (κ2) is 4.41. The average Bonchev–Trinajstić information content (AvgIpc) is 2.61. The van der Waals surface area contributed by atoms with E-state index in [1.54, 1.807) is 12.1 Å². The van der Waals surface area contributed by atoms with Crippen LogP contribution >= 0.6 is 11.8 Å². The van der Waals surface area contributed by atoms with Crippen LogP contribution < -0.4 is 5.73 Å². The number of rotatable bonds is 3. The first-order chi connectivity index (χ1) is 7.58. The molecule has 1 unspecified atom stereocenters. The Labute approximate surface area is 96.7 Å². The van der Waals surface area contributed by atoms with E-state index in [1.165, 1.54) is 0 Å². The molecule has 0 bridgehead atoms. The fourth-order valence-electron chi connectivity index (χ4n) is 2.04. The van der Waals surface area contributed by atoms with Gasteiger partial charge >= 0.3 is 0 Å². The van der Waals surface area contributed by atoms with E-state index in [0.29, 0.717) is 29.5 Å². The van der Waals surface area contributed by atoms with Gasteiger partial charge in [0.2, 0.25) is 0 Å². The summed E-state index contributed by atoms with van der Waals surface area (Å²) in [4.78, 5) is 0.622. The number of hydrogen-bond donors (Lipinski definition) is 2. The summed E-state index contributed by atoms with van der Waals surface area (Å²) in [5, 5.41) is 7.40. The lowest BCUT2D eigenvalue weighted by Gasteiger charge is -2.07. The molecule has 1 aromatic carbocycles. The van der Waals surface area contributed by atoms with Gasteiger partial charge in [-0.05, 0) is 30.0 Å². The van der Waals surface area contributed by atoms with Gasteiger partial charge in [-0.15, -0.1) is 0 Å². The fourth-order valence-corrected chi connectivity index (χ4v) is 2.75. The minimum Gasteiger partial charge on any atom is -0.387 e. The summed E-state index contributed by atoms with van der Waals surface area (Å²) >= 11 is 0.573. The van der Waals surface area contributed by atoms with E-state index in [0.717, 1.165) is 11.1 Å². The average molecular weight is 242 g/mol. The van der Waals surface area contributed by atoms with Gasteiger partial charge in [0.05, 0.1) is 5.84 Å². The van der Waals surface area contributed by atoms with Crippen LogP contribution in [0.5, 0.6) is 0 Å². The lowest BCUT2D eigenvalue weighted by molar-refractivity contribution is 0.252. The number of nitrogens with two attached hydrogens (primary N) is 1. The molecule has 1 atom stereocenters. The van der Waals surface area contributed by atoms with Gasteiger partial charge in [-0.3, -0.25) is 5.41 Å². The molecule has 16 heavy (non-hydrogen) atoms. The normalized spacial score (nSPS) is 18.8. The second-order valence-electron chi connectivity index (χ2n) is 3.83. The molecule has 0 fully saturated rings. The highest BCUT2D eigenvalue weighted by Crippen LogP contribution is 2.36. The molecular formula is C11H12F2N2S. The van der Waals surface area contributed by atoms with Crippen molar-refractivity contribution in [1.82, 2.24) is 0 Å². The monoisotopic (exact) mass is 242 g/mol. The molecule has 5 heteroatoms. The maximum absolute atomic E-state index is 12.3. The Morgan fingerprint density at radius 2 is 2.19 bits per heavy atom. The van der Waals surface area contributed by atoms with Crippen molar-refractivity contribution < 1.29 is 8.78 Å². The summed E-state index contributed by atoms with van der Waals surface area (Å²) in [5.74, 6) is -2.28. The van der Waals surface area contributed by atoms with E-state index in [9.17, 15) is 8.78 Å². The zero-order chi connectivity index (χ0) is 11.7. The lowest BCUT2D eigenvalue weighted by atomic mass is 10.1. The highest BCUT2D eigenvalue weighted by Gasteiger charge is 2.26. The minimum absolute atomic E-state index is 0.0191. The highest BCUT2D eigenvalue weighted by atomic mass is 32.2. The molecule has 0 aliphatic heterocycles. The van der Waals surface area contributed by atoms with Crippen LogP contribution in [-0.2, 0) is 12.8 Å². The van der Waals surface area contributed by atoms with Crippen LogP contribution in [-0.4, -0.2) is 11.6 Å². The van der Waals surface area contributed by atoms with Gasteiger partial charge in [0.1, 0.15) is 0 Å². The molecule has 2 rings (SSSR count). The third-order valence-corrected chi connectivity index (χ3v) is 3.62. The Morgan fingerprint density at radius 3 is 2.81 bits per heavy atom. The topological polar surface area (TPSA) is 49.9 Å². The Bertz CT molecular complexity index is 420. The van der Waals surface area contributed by atoms with Crippen LogP contribution in [0.25, 0.3) is 0 Å². The Hall–Kier alpha value is -1.10. The largest absolute Gasteiger partial charge is 0.387 e. The van der Waals surface area contributed by atoms with Gasteiger partial charge < -0.3 is 5.73 Å². The first kappa shape index (κ1) is 11.4. The first-order valence-electron chi connectivity index (χ1n) is 4.97. The quantitative estimate of drug-likeness (QED) is 0.486. The van der Waals surface area contributed by atoms with Crippen molar-refractivity contribution in [3.05, 3.63) is 29.3 Å². The highest BCUT2D eigenvalue weighted by molar-refractivity contribution is 7.99. The van der Waals surface area contributed by atoms with Gasteiger partial charge in [0.25, 0.3) is 5.76 Å². The van der Waals surface area contributed by atoms with Crippen molar-refractivity contribution in [2.45, 2.75) is 23.5 Å². The van der Waals surface area contributed by atoms with Gasteiger partial charge in [0, 0.05) is 10.8 Å². The summed E-state index contributed by atoms with van der Waals surface area (Å²) in [6.45, 7) is 0. The standard InChI is InChI=1S/C11H12F2N2S/c12-11(13)16-9-3-1-2-6-4-7(10(14)15)5-8(6)9/h1-3,7,11H,4-5H2,(H3,14,15). The van der Waals surface area contributed by atoms with Crippen molar-refractivity contribution >= 4 is 17.6 Å². The SMILES string of the molecule is N=C(N)C1Cc2cccc(SC(F)F)c2C1. The number of alkyl halides is 2. The smallest absolute Gasteiger partial charge is 0.288 e. The van der Waals surface area contributed by atoms with Crippen LogP contribution in [0.4, 0.5) is 8.78 Å². The van der Waals surface area contributed by atoms with Crippen molar-refractivity contribution in [2.24, 2.45) is 11.7 Å². The molecule has 0 saturated carbocycles. The first-order valence-corrected chi connectivity index (χ1v) is 5.85. The molecule has 1 aliphatic carbocycles. The number of thioether (sulfide) groups is 1. The molecule has 0 aromatic heterocycles. The summed E-state index contributed by atoms with van der Waals surface area (Å²) in [6.07, 6.45) is 1.31. The number of halogens is 2. The van der Waals surface area contributed by atoms with Crippen molar-refractivity contribution in [3.8, 4) is 0 Å². The molecule has 2 nitrogen and oxygen atoms in total. The molecule has 0 amide bonds. The van der Waals surface area contributed by atoms with Gasteiger partial charge in [-0.2, -0.15) is 8.78 Å². The number of hydrogen-bond acceptors (Lipinski definition) is 2. The van der Waals surface area contributed by atoms with Gasteiger partial charge in [0.15, 0.2) is 0 Å². The van der Waals surface area contributed by atoms with Crippen LogP contribution in [0.15, 0.2) is 23.1 Å². The molecule has 0 spiro atoms. The van der Waals surface area contributed by atoms with Crippen molar-refractivity contribution in [1.29, 1.82) is 5.41 Å². The van der Waals surface area contributed by atoms with E-state index >= 15 is 0 Å². The zero-order valence-electron chi connectivity index (χ0n) is 8.54. The predicted molar refractivity (Wildman–Crippen MR) is 61.1 cm³/mol. The van der Waals surface area contributed by atoms with Gasteiger partial charge in [-0.25, -0.2) is 0 Å². The maximum atomic E-state index is 12.3. The molecule has 3 N–H and O–H groups in total. The molecule has 1 aliphatic rings. The zero-order valence-corrected chi connectivity index (χ0v) is 9.36. The third kappa shape index (κ3) is 2.19. The van der Waals surface area contributed by atoms with Crippen molar-refractivity contribution in [3.63, 3.8) is 0 Å². The van der Waals surface area contributed by atoms with Crippen LogP contribution in [0.3, 0.4) is 0 Å². The van der Waals surface area contributed by atoms with Crippen molar-refractivity contribution in [2.75, 3.05) is 0 Å². The van der Waals surface area contributed by atoms with Crippen LogP contribution in [0.2, 0.25) is 0 Å². The molecule has 0 radical (unpaired) electrons. The number of amidine groups is 1. The Morgan fingerprint density at radius 1 is 1.44 bits per heavy atom. The number of nitrogens with one attached hydrogen (secondary N) is 1. The van der Waals surface area contributed by atoms with E-state index in [1.807, 2.05) is 6.07 Å². The fraction of sp³-hybridized carbons (Fsp3) is 0.364. The van der Waals surface area contributed by atoms with Crippen LogP contribution in [0, 0.1) is 11.3 Å². The van der Waals surface area contributed by atoms with E-state index in [4.69, 9.17) is 11.1 Å². The van der Waals surface area contributed by atoms with E-state index in [-0.39, 0.29) is 11.8 Å². The second-order valence-corrected chi connectivity index (χ2v) is 4.86. The minimum atomic E-state index is -2.40. The van der Waals surface area contributed by atoms with Crippen LogP contribution in [0.1, 0.15) is 11.1 Å². The Kier molecular flexibility index (Phi) is 3.14. The third-order valence-electron chi connectivity index (χ3n) is 2.80. The molecule has 0 heterocycles. The predicted octanol–water partition coefficient (Wildman–Crippen LogP) is 2.65. The summed E-state index contributed by atoms with van der Waals surface area (Å²) in [7, 11) is 0. The molecule has 86 valence electrons. The maximum Gasteiger partial charge on any atom is 0.288 e. The summed E-state index contributed by atoms with van der Waals surface area (Å²) < 4.78 is 24.7. The number of benzene rings is 1. The van der Waals surface area contributed by atoms with Gasteiger partial charge in [-0.1, -0.05) is 23.9 Å². The molecular weight excluding hydrogens is 230 g/mol. The van der Waals surface area contributed by atoms with E-state index in [2.05, 4.69) is 0 Å². The summed E-state index contributed by atoms with van der Waals surface area (Å²) in [5.41, 5.74) is 7.44. The van der Waals surface area contributed by atoms with E-state index < -0.39 is 5.76 Å². The lowest BCUT2D eigenvalue weighted by Crippen LogP contribution is -2.22. The molecule has 0 saturated heterocycles. The molecule has 1 aromatic rings. The Balaban J connectivity index is 2.27.